The molecule has 0 spiro atoms. The maximum atomic E-state index is 13.8. The number of amides is 2. The molecule has 1 aromatic carbocycles. The molecule has 1 heterocycles. The van der Waals surface area contributed by atoms with Gasteiger partial charge in [-0.3, -0.25) is 9.59 Å². The summed E-state index contributed by atoms with van der Waals surface area (Å²) in [6, 6.07) is 6.41. The van der Waals surface area contributed by atoms with E-state index in [1.165, 1.54) is 6.07 Å². The fourth-order valence-electron chi connectivity index (χ4n) is 3.20. The third kappa shape index (κ3) is 5.26. The number of nitrogens with zero attached hydrogens (tertiary/aromatic N) is 2. The molecule has 0 saturated carbocycles. The fourth-order valence-corrected chi connectivity index (χ4v) is 3.20. The molecule has 2 rings (SSSR count). The molecule has 0 unspecified atom stereocenters. The summed E-state index contributed by atoms with van der Waals surface area (Å²) in [6.45, 7) is 3.83. The van der Waals surface area contributed by atoms with E-state index in [9.17, 15) is 14.0 Å². The second kappa shape index (κ2) is 9.51. The van der Waals surface area contributed by atoms with Crippen LogP contribution in [0.5, 0.6) is 0 Å². The molecule has 1 aliphatic heterocycles. The second-order valence-corrected chi connectivity index (χ2v) is 6.45. The SMILES string of the molecule is CCN(CCCCO)C(=O)[C@@H]1CCC(=O)N(Cc2ccccc2F)C1. The number of piperidine rings is 1. The maximum Gasteiger partial charge on any atom is 0.227 e. The number of benzene rings is 1. The number of aliphatic hydroxyl groups is 1. The van der Waals surface area contributed by atoms with Crippen molar-refractivity contribution in [2.75, 3.05) is 26.2 Å². The number of carbonyl (C=O) groups excluding carboxylic acids is 2. The van der Waals surface area contributed by atoms with Crippen LogP contribution in [-0.2, 0) is 16.1 Å². The van der Waals surface area contributed by atoms with Crippen LogP contribution >= 0.6 is 0 Å². The van der Waals surface area contributed by atoms with Gasteiger partial charge >= 0.3 is 0 Å². The lowest BCUT2D eigenvalue weighted by molar-refractivity contribution is -0.143. The summed E-state index contributed by atoms with van der Waals surface area (Å²) in [4.78, 5) is 28.3. The highest BCUT2D eigenvalue weighted by Crippen LogP contribution is 2.22. The minimum atomic E-state index is -0.331. The zero-order valence-electron chi connectivity index (χ0n) is 14.8. The highest BCUT2D eigenvalue weighted by Gasteiger charge is 2.32. The smallest absolute Gasteiger partial charge is 0.227 e. The topological polar surface area (TPSA) is 60.9 Å². The molecule has 0 radical (unpaired) electrons. The molecule has 25 heavy (non-hydrogen) atoms. The first-order valence-electron chi connectivity index (χ1n) is 8.97. The lowest BCUT2D eigenvalue weighted by Gasteiger charge is -2.34. The predicted octanol–water partition coefficient (Wildman–Crippen LogP) is 2.19. The van der Waals surface area contributed by atoms with E-state index in [0.717, 1.165) is 6.42 Å². The van der Waals surface area contributed by atoms with E-state index in [1.807, 2.05) is 6.92 Å². The molecule has 1 N–H and O–H groups in total. The van der Waals surface area contributed by atoms with Crippen molar-refractivity contribution in [2.45, 2.75) is 39.2 Å². The third-order valence-corrected chi connectivity index (χ3v) is 4.70. The van der Waals surface area contributed by atoms with Gasteiger partial charge in [0.15, 0.2) is 0 Å². The lowest BCUT2D eigenvalue weighted by Crippen LogP contribution is -2.47. The highest BCUT2D eigenvalue weighted by atomic mass is 19.1. The van der Waals surface area contributed by atoms with Gasteiger partial charge in [-0.2, -0.15) is 0 Å². The Balaban J connectivity index is 1.99. The van der Waals surface area contributed by atoms with Crippen molar-refractivity contribution in [2.24, 2.45) is 5.92 Å². The minimum absolute atomic E-state index is 0.0318. The number of hydrogen-bond acceptors (Lipinski definition) is 3. The first-order valence-corrected chi connectivity index (χ1v) is 8.97. The van der Waals surface area contributed by atoms with Gasteiger partial charge < -0.3 is 14.9 Å². The molecule has 6 heteroatoms. The summed E-state index contributed by atoms with van der Waals surface area (Å²) in [5.74, 6) is -0.552. The van der Waals surface area contributed by atoms with Gasteiger partial charge in [-0.15, -0.1) is 0 Å². The van der Waals surface area contributed by atoms with Gasteiger partial charge in [0, 0.05) is 44.8 Å². The van der Waals surface area contributed by atoms with Crippen LogP contribution in [0.1, 0.15) is 38.2 Å². The van der Waals surface area contributed by atoms with Gasteiger partial charge in [0.2, 0.25) is 11.8 Å². The summed E-state index contributed by atoms with van der Waals surface area (Å²) in [5, 5.41) is 8.89. The normalized spacial score (nSPS) is 17.6. The maximum absolute atomic E-state index is 13.8. The van der Waals surface area contributed by atoms with Gasteiger partial charge in [0.1, 0.15) is 5.82 Å². The van der Waals surface area contributed by atoms with Crippen LogP contribution in [0.15, 0.2) is 24.3 Å². The molecule has 0 bridgehead atoms. The van der Waals surface area contributed by atoms with E-state index >= 15 is 0 Å². The quantitative estimate of drug-likeness (QED) is 0.731. The first kappa shape index (κ1) is 19.4. The van der Waals surface area contributed by atoms with Crippen molar-refractivity contribution in [1.82, 2.24) is 9.80 Å². The van der Waals surface area contributed by atoms with Crippen molar-refractivity contribution in [1.29, 1.82) is 0 Å². The number of rotatable bonds is 8. The summed E-state index contributed by atoms with van der Waals surface area (Å²) in [6.07, 6.45) is 2.30. The van der Waals surface area contributed by atoms with Gasteiger partial charge in [-0.25, -0.2) is 4.39 Å². The van der Waals surface area contributed by atoms with E-state index in [4.69, 9.17) is 5.11 Å². The van der Waals surface area contributed by atoms with Crippen molar-refractivity contribution < 1.29 is 19.1 Å². The van der Waals surface area contributed by atoms with Gasteiger partial charge in [-0.05, 0) is 32.3 Å². The molecular formula is C19H27FN2O3. The van der Waals surface area contributed by atoms with Crippen LogP contribution in [-0.4, -0.2) is 53.0 Å². The average molecular weight is 350 g/mol. The summed E-state index contributed by atoms with van der Waals surface area (Å²) < 4.78 is 13.8. The Morgan fingerprint density at radius 3 is 2.80 bits per heavy atom. The van der Waals surface area contributed by atoms with Gasteiger partial charge in [-0.1, -0.05) is 18.2 Å². The molecule has 1 aromatic rings. The van der Waals surface area contributed by atoms with Crippen molar-refractivity contribution >= 4 is 11.8 Å². The van der Waals surface area contributed by atoms with Crippen molar-refractivity contribution in [3.63, 3.8) is 0 Å². The number of unbranched alkanes of at least 4 members (excludes halogenated alkanes) is 1. The molecule has 1 atom stereocenters. The van der Waals surface area contributed by atoms with Crippen LogP contribution in [0, 0.1) is 11.7 Å². The molecule has 2 amide bonds. The Bertz CT molecular complexity index is 594. The van der Waals surface area contributed by atoms with E-state index in [1.54, 1.807) is 28.0 Å². The minimum Gasteiger partial charge on any atom is -0.396 e. The summed E-state index contributed by atoms with van der Waals surface area (Å²) in [5.41, 5.74) is 0.472. The molecule has 1 fully saturated rings. The number of carbonyl (C=O) groups is 2. The van der Waals surface area contributed by atoms with Crippen molar-refractivity contribution in [3.8, 4) is 0 Å². The lowest BCUT2D eigenvalue weighted by atomic mass is 9.95. The molecule has 0 aromatic heterocycles. The largest absolute Gasteiger partial charge is 0.396 e. The number of halogens is 1. The molecular weight excluding hydrogens is 323 g/mol. The number of likely N-dealkylation sites (tertiary alicyclic amines) is 1. The van der Waals surface area contributed by atoms with E-state index in [0.29, 0.717) is 44.5 Å². The molecule has 5 nitrogen and oxygen atoms in total. The Morgan fingerprint density at radius 1 is 1.36 bits per heavy atom. The Labute approximate surface area is 148 Å². The van der Waals surface area contributed by atoms with E-state index in [-0.39, 0.29) is 36.7 Å². The zero-order valence-corrected chi connectivity index (χ0v) is 14.8. The third-order valence-electron chi connectivity index (χ3n) is 4.70. The molecule has 138 valence electrons. The Morgan fingerprint density at radius 2 is 2.12 bits per heavy atom. The van der Waals surface area contributed by atoms with Crippen LogP contribution in [0.25, 0.3) is 0 Å². The van der Waals surface area contributed by atoms with Gasteiger partial charge in [0.25, 0.3) is 0 Å². The molecule has 1 saturated heterocycles. The number of aliphatic hydroxyl groups excluding tert-OH is 1. The van der Waals surface area contributed by atoms with Crippen LogP contribution in [0.2, 0.25) is 0 Å². The predicted molar refractivity (Wildman–Crippen MR) is 93.1 cm³/mol. The summed E-state index contributed by atoms with van der Waals surface area (Å²) >= 11 is 0. The van der Waals surface area contributed by atoms with Crippen LogP contribution < -0.4 is 0 Å². The van der Waals surface area contributed by atoms with E-state index < -0.39 is 0 Å². The van der Waals surface area contributed by atoms with Crippen molar-refractivity contribution in [3.05, 3.63) is 35.6 Å². The van der Waals surface area contributed by atoms with Crippen LogP contribution in [0.3, 0.4) is 0 Å². The summed E-state index contributed by atoms with van der Waals surface area (Å²) in [7, 11) is 0. The first-order chi connectivity index (χ1) is 12.1. The second-order valence-electron chi connectivity index (χ2n) is 6.45. The fraction of sp³-hybridized carbons (Fsp3) is 0.579. The average Bonchev–Trinajstić information content (AvgIpc) is 2.62. The standard InChI is InChI=1S/C19H27FN2O3/c1-2-21(11-5-6-12-23)19(25)16-9-10-18(24)22(14-16)13-15-7-3-4-8-17(15)20/h3-4,7-8,16,23H,2,5-6,9-14H2,1H3/t16-/m1/s1. The van der Waals surface area contributed by atoms with Crippen LogP contribution in [0.4, 0.5) is 4.39 Å². The monoisotopic (exact) mass is 350 g/mol. The Hall–Kier alpha value is -1.95. The highest BCUT2D eigenvalue weighted by molar-refractivity contribution is 5.83. The van der Waals surface area contributed by atoms with Gasteiger partial charge in [0.05, 0.1) is 5.92 Å². The zero-order chi connectivity index (χ0) is 18.2. The Kier molecular flexibility index (Phi) is 7.37. The van der Waals surface area contributed by atoms with E-state index in [2.05, 4.69) is 0 Å². The number of hydrogen-bond donors (Lipinski definition) is 1. The molecule has 1 aliphatic rings. The molecule has 0 aliphatic carbocycles.